The number of nitrogens with one attached hydrogen (secondary N) is 3. The van der Waals surface area contributed by atoms with Crippen LogP contribution in [0.2, 0.25) is 0 Å². The number of Topliss-reactive ketones (excluding diaryl/α,β-unsaturated/α-hetero) is 1. The monoisotopic (exact) mass is 570 g/mol. The van der Waals surface area contributed by atoms with Crippen LogP contribution in [0.3, 0.4) is 0 Å². The molecular formula is C28H35F5N4O3. The maximum absolute atomic E-state index is 14.2. The first-order chi connectivity index (χ1) is 18.9. The molecule has 2 unspecified atom stereocenters. The lowest BCUT2D eigenvalue weighted by atomic mass is 9.84. The van der Waals surface area contributed by atoms with Crippen LogP contribution >= 0.6 is 0 Å². The van der Waals surface area contributed by atoms with Gasteiger partial charge in [0.25, 0.3) is 0 Å². The van der Waals surface area contributed by atoms with Crippen molar-refractivity contribution in [1.29, 1.82) is 0 Å². The molecular weight excluding hydrogens is 535 g/mol. The van der Waals surface area contributed by atoms with Crippen molar-refractivity contribution in [3.05, 3.63) is 36.0 Å². The third-order valence-electron chi connectivity index (χ3n) is 8.18. The summed E-state index contributed by atoms with van der Waals surface area (Å²) in [6.45, 7) is 0.250. The van der Waals surface area contributed by atoms with Gasteiger partial charge in [-0.25, -0.2) is 0 Å². The molecule has 2 amide bonds. The summed E-state index contributed by atoms with van der Waals surface area (Å²) in [4.78, 5) is 43.6. The van der Waals surface area contributed by atoms with Gasteiger partial charge in [0.2, 0.25) is 17.6 Å². The van der Waals surface area contributed by atoms with Gasteiger partial charge in [0, 0.05) is 30.1 Å². The molecule has 1 saturated carbocycles. The van der Waals surface area contributed by atoms with Crippen LogP contribution < -0.4 is 10.6 Å². The number of nitrogens with zero attached hydrogens (tertiary/aromatic N) is 1. The fourth-order valence-electron chi connectivity index (χ4n) is 5.96. The van der Waals surface area contributed by atoms with E-state index in [1.807, 2.05) is 0 Å². The van der Waals surface area contributed by atoms with Gasteiger partial charge in [-0.2, -0.15) is 22.0 Å². The number of hydrogen-bond donors (Lipinski definition) is 3. The maximum Gasteiger partial charge on any atom is 0.461 e. The van der Waals surface area contributed by atoms with Crippen molar-refractivity contribution < 1.29 is 36.3 Å². The molecule has 2 aromatic rings. The standard InChI is InChI=1S/C28H35F5N4O3/c1-34-22(14-17-8-3-2-4-9-17)26(40)37-13-7-12-23(37)25(39)36-21(24(38)27(29,30)28(31,32)33)15-18-16-35-20-11-6-5-10-19(18)20/h5-6,10-11,16-17,21-23,34-35H,2-4,7-9,12-15H2,1H3,(H,36,39)/t21?,22-,23?/m1/s1. The van der Waals surface area contributed by atoms with Gasteiger partial charge in [0.15, 0.2) is 0 Å². The molecule has 3 atom stereocenters. The van der Waals surface area contributed by atoms with Crippen LogP contribution in [0.1, 0.15) is 56.9 Å². The molecule has 0 bridgehead atoms. The fourth-order valence-corrected chi connectivity index (χ4v) is 5.96. The minimum atomic E-state index is -6.12. The molecule has 1 saturated heterocycles. The van der Waals surface area contributed by atoms with Crippen molar-refractivity contribution in [1.82, 2.24) is 20.5 Å². The Balaban J connectivity index is 1.54. The summed E-state index contributed by atoms with van der Waals surface area (Å²) in [5.41, 5.74) is 0.899. The van der Waals surface area contributed by atoms with E-state index in [9.17, 15) is 36.3 Å². The van der Waals surface area contributed by atoms with E-state index < -0.39 is 48.3 Å². The van der Waals surface area contributed by atoms with Crippen LogP contribution in [0.25, 0.3) is 10.9 Å². The Morgan fingerprint density at radius 1 is 1.00 bits per heavy atom. The van der Waals surface area contributed by atoms with Gasteiger partial charge in [-0.05, 0) is 43.9 Å². The minimum absolute atomic E-state index is 0.209. The highest BCUT2D eigenvalue weighted by atomic mass is 19.4. The molecule has 2 aliphatic rings. The van der Waals surface area contributed by atoms with Gasteiger partial charge in [-0.3, -0.25) is 14.4 Å². The predicted molar refractivity (Wildman–Crippen MR) is 139 cm³/mol. The second-order valence-electron chi connectivity index (χ2n) is 10.8. The average molecular weight is 571 g/mol. The number of H-pyrrole nitrogens is 1. The van der Waals surface area contributed by atoms with E-state index in [4.69, 9.17) is 0 Å². The topological polar surface area (TPSA) is 94.3 Å². The molecule has 40 heavy (non-hydrogen) atoms. The third-order valence-corrected chi connectivity index (χ3v) is 8.18. The fraction of sp³-hybridized carbons (Fsp3) is 0.607. The number of alkyl halides is 5. The summed E-state index contributed by atoms with van der Waals surface area (Å²) in [6.07, 6.45) is 1.36. The van der Waals surface area contributed by atoms with Gasteiger partial charge in [0.05, 0.1) is 12.1 Å². The number of hydrogen-bond acceptors (Lipinski definition) is 4. The Labute approximate surface area is 229 Å². The number of benzene rings is 1. The van der Waals surface area contributed by atoms with Gasteiger partial charge >= 0.3 is 12.1 Å². The first-order valence-electron chi connectivity index (χ1n) is 13.8. The van der Waals surface area contributed by atoms with E-state index in [1.54, 1.807) is 31.3 Å². The van der Waals surface area contributed by atoms with E-state index in [1.165, 1.54) is 11.1 Å². The lowest BCUT2D eigenvalue weighted by Gasteiger charge is -2.32. The molecule has 0 spiro atoms. The molecule has 1 aromatic carbocycles. The molecule has 4 rings (SSSR count). The number of carbonyl (C=O) groups is 3. The van der Waals surface area contributed by atoms with E-state index in [0.717, 1.165) is 32.1 Å². The van der Waals surface area contributed by atoms with Crippen LogP contribution in [-0.2, 0) is 20.8 Å². The first-order valence-corrected chi connectivity index (χ1v) is 13.8. The number of fused-ring (bicyclic) bond motifs is 1. The summed E-state index contributed by atoms with van der Waals surface area (Å²) < 4.78 is 67.9. The van der Waals surface area contributed by atoms with E-state index in [0.29, 0.717) is 35.2 Å². The third kappa shape index (κ3) is 6.31. The number of halogens is 5. The van der Waals surface area contributed by atoms with Crippen molar-refractivity contribution >= 4 is 28.5 Å². The number of para-hydroxylation sites is 1. The Morgan fingerprint density at radius 2 is 1.70 bits per heavy atom. The highest BCUT2D eigenvalue weighted by Crippen LogP contribution is 2.37. The summed E-state index contributed by atoms with van der Waals surface area (Å²) in [5.74, 6) is -8.98. The Kier molecular flexibility index (Phi) is 9.16. The number of likely N-dealkylation sites (N-methyl/N-ethyl adjacent to an activating group) is 1. The number of aromatic nitrogens is 1. The summed E-state index contributed by atoms with van der Waals surface area (Å²) in [5, 5.41) is 5.72. The number of amides is 2. The first kappa shape index (κ1) is 30.0. The van der Waals surface area contributed by atoms with Crippen molar-refractivity contribution in [2.24, 2.45) is 5.92 Å². The summed E-state index contributed by atoms with van der Waals surface area (Å²) in [6, 6.07) is 2.90. The number of carbonyl (C=O) groups excluding carboxylic acids is 3. The second-order valence-corrected chi connectivity index (χ2v) is 10.8. The zero-order chi connectivity index (χ0) is 29.1. The van der Waals surface area contributed by atoms with Gasteiger partial charge in [-0.1, -0.05) is 50.3 Å². The van der Waals surface area contributed by atoms with Crippen molar-refractivity contribution in [2.75, 3.05) is 13.6 Å². The lowest BCUT2D eigenvalue weighted by Crippen LogP contribution is -2.58. The van der Waals surface area contributed by atoms with E-state index >= 15 is 0 Å². The Bertz CT molecular complexity index is 1210. The smallest absolute Gasteiger partial charge is 0.361 e. The van der Waals surface area contributed by atoms with Crippen LogP contribution in [0.15, 0.2) is 30.5 Å². The molecule has 0 radical (unpaired) electrons. The van der Waals surface area contributed by atoms with Crippen LogP contribution in [0.4, 0.5) is 22.0 Å². The lowest BCUT2D eigenvalue weighted by molar-refractivity contribution is -0.269. The molecule has 2 heterocycles. The second kappa shape index (κ2) is 12.2. The van der Waals surface area contributed by atoms with Crippen LogP contribution in [-0.4, -0.2) is 71.3 Å². The van der Waals surface area contributed by atoms with Crippen LogP contribution in [0.5, 0.6) is 0 Å². The van der Waals surface area contributed by atoms with E-state index in [-0.39, 0.29) is 18.9 Å². The Hall–Kier alpha value is -3.02. The largest absolute Gasteiger partial charge is 0.461 e. The highest BCUT2D eigenvalue weighted by molar-refractivity contribution is 5.97. The quantitative estimate of drug-likeness (QED) is 0.367. The molecule has 1 aromatic heterocycles. The number of aromatic amines is 1. The number of ketones is 1. The number of likely N-dealkylation sites (tertiary alicyclic amines) is 1. The maximum atomic E-state index is 14.2. The molecule has 1 aliphatic carbocycles. The molecule has 12 heteroatoms. The zero-order valence-electron chi connectivity index (χ0n) is 22.3. The SMILES string of the molecule is CN[C@H](CC1CCCCC1)C(=O)N1CCCC1C(=O)NC(Cc1c[nH]c2ccccc12)C(=O)C(F)(F)C(F)(F)F. The van der Waals surface area contributed by atoms with Crippen molar-refractivity contribution in [3.8, 4) is 0 Å². The molecule has 220 valence electrons. The Morgan fingerprint density at radius 3 is 2.38 bits per heavy atom. The van der Waals surface area contributed by atoms with Gasteiger partial charge in [-0.15, -0.1) is 0 Å². The molecule has 1 aliphatic heterocycles. The zero-order valence-corrected chi connectivity index (χ0v) is 22.3. The predicted octanol–water partition coefficient (Wildman–Crippen LogP) is 4.51. The summed E-state index contributed by atoms with van der Waals surface area (Å²) in [7, 11) is 1.66. The minimum Gasteiger partial charge on any atom is -0.361 e. The van der Waals surface area contributed by atoms with Crippen LogP contribution in [0, 0.1) is 5.92 Å². The van der Waals surface area contributed by atoms with Crippen molar-refractivity contribution in [2.45, 2.75) is 88.0 Å². The normalized spacial score (nSPS) is 20.4. The number of rotatable bonds is 10. The van der Waals surface area contributed by atoms with Gasteiger partial charge < -0.3 is 20.5 Å². The average Bonchev–Trinajstić information content (AvgIpc) is 3.58. The molecule has 2 fully saturated rings. The summed E-state index contributed by atoms with van der Waals surface area (Å²) >= 11 is 0. The molecule has 3 N–H and O–H groups in total. The van der Waals surface area contributed by atoms with E-state index in [2.05, 4.69) is 15.6 Å². The highest BCUT2D eigenvalue weighted by Gasteiger charge is 2.64. The van der Waals surface area contributed by atoms with Gasteiger partial charge in [0.1, 0.15) is 6.04 Å². The molecule has 7 nitrogen and oxygen atoms in total. The van der Waals surface area contributed by atoms with Crippen molar-refractivity contribution in [3.63, 3.8) is 0 Å².